The molecule has 0 radical (unpaired) electrons. The molecule has 0 N–H and O–H groups in total. The molecular weight excluding hydrogens is 1170 g/mol. The molecule has 2 unspecified atom stereocenters. The zero-order valence-corrected chi connectivity index (χ0v) is 55.7. The van der Waals surface area contributed by atoms with Crippen LogP contribution in [0.5, 0.6) is 11.5 Å². The fourth-order valence-electron chi connectivity index (χ4n) is 13.7. The molecule has 3 aromatic carbocycles. The minimum atomic E-state index is -0.614. The van der Waals surface area contributed by atoms with Crippen LogP contribution in [0.3, 0.4) is 0 Å². The number of anilines is 2. The Bertz CT molecular complexity index is 2470. The van der Waals surface area contributed by atoms with Crippen molar-refractivity contribution in [1.29, 1.82) is 0 Å². The molecule has 10 heteroatoms. The Kier molecular flexibility index (Phi) is 29.7. The Morgan fingerprint density at radius 2 is 0.595 bits per heavy atom. The smallest absolute Gasteiger partial charge is 0.345 e. The minimum Gasteiger partial charge on any atom is -0.422 e. The van der Waals surface area contributed by atoms with Crippen LogP contribution in [0.2, 0.25) is 0 Å². The molecule has 4 aliphatic heterocycles. The summed E-state index contributed by atoms with van der Waals surface area (Å²) in [4.78, 5) is 63.0. The van der Waals surface area contributed by atoms with Gasteiger partial charge in [-0.3, -0.25) is 9.59 Å². The molecule has 0 saturated heterocycles. The molecule has 0 bridgehead atoms. The van der Waals surface area contributed by atoms with Crippen molar-refractivity contribution >= 4 is 89.3 Å². The van der Waals surface area contributed by atoms with Crippen LogP contribution in [-0.4, -0.2) is 36.8 Å². The second-order valence-electron chi connectivity index (χ2n) is 25.5. The summed E-state index contributed by atoms with van der Waals surface area (Å²) in [5.74, 6) is -0.507. The summed E-state index contributed by atoms with van der Waals surface area (Å²) in [5, 5.41) is 0. The molecule has 0 fully saturated rings. The summed E-state index contributed by atoms with van der Waals surface area (Å²) >= 11 is 7.44. The highest BCUT2D eigenvalue weighted by Gasteiger charge is 2.45. The second-order valence-corrected chi connectivity index (χ2v) is 27.3. The molecule has 4 aliphatic rings. The molecule has 8 nitrogen and oxygen atoms in total. The summed E-state index contributed by atoms with van der Waals surface area (Å²) in [6.45, 7) is 10.2. The summed E-state index contributed by atoms with van der Waals surface area (Å²) in [6.07, 6.45) is 50.2. The van der Waals surface area contributed by atoms with Crippen LogP contribution in [-0.2, 0) is 19.2 Å². The lowest BCUT2D eigenvalue weighted by Gasteiger charge is -2.25. The molecule has 0 aromatic heterocycles. The highest BCUT2D eigenvalue weighted by Crippen LogP contribution is 2.53. The van der Waals surface area contributed by atoms with E-state index in [1.165, 1.54) is 205 Å². The molecule has 462 valence electrons. The Balaban J connectivity index is 1.10. The number of hydrogen-bond donors (Lipinski definition) is 0. The van der Waals surface area contributed by atoms with E-state index in [-0.39, 0.29) is 34.5 Å². The van der Waals surface area contributed by atoms with Crippen molar-refractivity contribution in [2.45, 2.75) is 285 Å². The van der Waals surface area contributed by atoms with E-state index in [9.17, 15) is 9.59 Å². The van der Waals surface area contributed by atoms with Gasteiger partial charge in [0.15, 0.2) is 0 Å². The maximum atomic E-state index is 15.2. The number of esters is 2. The van der Waals surface area contributed by atoms with Crippen molar-refractivity contribution in [3.63, 3.8) is 0 Å². The third-order valence-electron chi connectivity index (χ3n) is 18.6. The zero-order chi connectivity index (χ0) is 59.5. The van der Waals surface area contributed by atoms with Gasteiger partial charge in [-0.15, -0.1) is 0 Å². The van der Waals surface area contributed by atoms with E-state index < -0.39 is 11.9 Å². The number of fused-ring (bicyclic) bond motifs is 4. The predicted octanol–water partition coefficient (Wildman–Crippen LogP) is 22.5. The van der Waals surface area contributed by atoms with E-state index in [1.807, 2.05) is 46.2 Å². The fourth-order valence-corrected chi connectivity index (χ4v) is 14.4. The number of carbonyl (C=O) groups is 4. The number of rotatable bonds is 44. The van der Waals surface area contributed by atoms with Crippen LogP contribution in [0, 0.1) is 11.8 Å². The van der Waals surface area contributed by atoms with Gasteiger partial charge in [-0.1, -0.05) is 303 Å². The lowest BCUT2D eigenvalue weighted by molar-refractivity contribution is -0.127. The Hall–Kier alpha value is -4.02. The van der Waals surface area contributed by atoms with Gasteiger partial charge in [0.05, 0.1) is 33.7 Å². The minimum absolute atomic E-state index is 0.179. The lowest BCUT2D eigenvalue weighted by Crippen LogP contribution is -2.32. The number of amides is 2. The monoisotopic (exact) mass is 1280 g/mol. The van der Waals surface area contributed by atoms with Crippen molar-refractivity contribution in [2.75, 3.05) is 22.9 Å². The van der Waals surface area contributed by atoms with Crippen LogP contribution < -0.4 is 19.3 Å². The average Bonchev–Trinajstić information content (AvgIpc) is 2.79. The second kappa shape index (κ2) is 37.0. The molecule has 0 aliphatic carbocycles. The molecule has 2 amide bonds. The largest absolute Gasteiger partial charge is 0.422 e. The van der Waals surface area contributed by atoms with E-state index in [0.29, 0.717) is 58.3 Å². The lowest BCUT2D eigenvalue weighted by atomic mass is 9.92. The Morgan fingerprint density at radius 3 is 0.869 bits per heavy atom. The van der Waals surface area contributed by atoms with E-state index in [0.717, 1.165) is 71.7 Å². The van der Waals surface area contributed by atoms with Crippen LogP contribution in [0.25, 0.3) is 22.3 Å². The Labute approximate surface area is 525 Å². The van der Waals surface area contributed by atoms with Gasteiger partial charge >= 0.3 is 11.9 Å². The number of ether oxygens (including phenoxy) is 2. The number of nitrogens with zero attached hydrogens (tertiary/aromatic N) is 2. The summed E-state index contributed by atoms with van der Waals surface area (Å²) in [5.41, 5.74) is 4.79. The molecule has 7 rings (SSSR count). The van der Waals surface area contributed by atoms with Crippen LogP contribution in [0.4, 0.5) is 11.4 Å². The molecule has 3 aromatic rings. The number of carbonyl (C=O) groups excluding carboxylic acids is 4. The van der Waals surface area contributed by atoms with Crippen molar-refractivity contribution < 1.29 is 28.7 Å². The highest BCUT2D eigenvalue weighted by atomic mass is 79.9. The number of hydrogen-bond acceptors (Lipinski definition) is 6. The van der Waals surface area contributed by atoms with Crippen molar-refractivity contribution in [2.24, 2.45) is 11.8 Å². The number of halogens is 2. The predicted molar refractivity (Wildman–Crippen MR) is 359 cm³/mol. The van der Waals surface area contributed by atoms with Crippen LogP contribution >= 0.6 is 31.9 Å². The van der Waals surface area contributed by atoms with Gasteiger partial charge in [-0.05, 0) is 73.9 Å². The topological polar surface area (TPSA) is 93.2 Å². The van der Waals surface area contributed by atoms with E-state index in [4.69, 9.17) is 9.47 Å². The van der Waals surface area contributed by atoms with Gasteiger partial charge in [0.1, 0.15) is 11.5 Å². The molecule has 0 saturated carbocycles. The van der Waals surface area contributed by atoms with Gasteiger partial charge < -0.3 is 19.3 Å². The van der Waals surface area contributed by atoms with E-state index in [2.05, 4.69) is 59.6 Å². The van der Waals surface area contributed by atoms with E-state index >= 15 is 9.59 Å². The fraction of sp³-hybridized carbons (Fsp3) is 0.649. The Morgan fingerprint density at radius 1 is 0.333 bits per heavy atom. The molecule has 84 heavy (non-hydrogen) atoms. The third kappa shape index (κ3) is 19.5. The standard InChI is InChI=1S/C74H106Br2N2O6/c1-5-9-13-17-21-25-27-31-35-39-43-55(41-37-33-29-23-19-15-11-7-3)53-77-63-49-57(75)45-47-59(63)67(71(77)79)69-61-51-66-62(52-65(61)83-73(69)81)70(74(82)84-66)68-60-48-46-58(76)50-64(60)78(72(68)80)54-56(42-38-34-30-24-20-16-12-8-4)44-40-36-32-28-26-22-18-14-10-6-2/h45-52,55-56H,5-44,53-54H2,1-4H3/b69-67+,70-68+. The number of benzene rings is 3. The van der Waals surface area contributed by atoms with Crippen molar-refractivity contribution in [1.82, 2.24) is 0 Å². The summed E-state index contributed by atoms with van der Waals surface area (Å²) < 4.78 is 14.0. The van der Waals surface area contributed by atoms with Gasteiger partial charge in [0.25, 0.3) is 11.8 Å². The highest BCUT2D eigenvalue weighted by molar-refractivity contribution is 9.10. The number of unbranched alkanes of at least 4 members (excludes halogenated alkanes) is 32. The zero-order valence-electron chi connectivity index (χ0n) is 52.6. The maximum absolute atomic E-state index is 15.2. The molecular formula is C74H106Br2N2O6. The van der Waals surface area contributed by atoms with Crippen LogP contribution in [0.1, 0.15) is 307 Å². The maximum Gasteiger partial charge on any atom is 0.345 e. The first-order valence-corrected chi connectivity index (χ1v) is 36.0. The first kappa shape index (κ1) is 67.5. The SMILES string of the molecule is CCCCCCCCCCCCC(CCCCCCCCCC)CN1C(=O)/C(=C2/C(=O)Oc3cc4c(cc32)OC(=O)/C4=C2/C(=O)N(CC(CCCCCCCCCC)CCCCCCCCCCCC)c3cc(Br)ccc32)c2ccc(Br)cc21. The molecule has 4 heterocycles. The quantitative estimate of drug-likeness (QED) is 0.0242. The summed E-state index contributed by atoms with van der Waals surface area (Å²) in [6, 6.07) is 15.1. The normalized spacial score (nSPS) is 16.9. The van der Waals surface area contributed by atoms with Crippen LogP contribution in [0.15, 0.2) is 57.5 Å². The van der Waals surface area contributed by atoms with Crippen molar-refractivity contribution in [3.8, 4) is 11.5 Å². The molecule has 0 spiro atoms. The van der Waals surface area contributed by atoms with E-state index in [1.54, 1.807) is 12.1 Å². The first-order chi connectivity index (χ1) is 41.1. The summed E-state index contributed by atoms with van der Waals surface area (Å²) in [7, 11) is 0. The van der Waals surface area contributed by atoms with Gasteiger partial charge in [-0.2, -0.15) is 0 Å². The van der Waals surface area contributed by atoms with Gasteiger partial charge in [-0.25, -0.2) is 9.59 Å². The van der Waals surface area contributed by atoms with Gasteiger partial charge in [0.2, 0.25) is 0 Å². The first-order valence-electron chi connectivity index (χ1n) is 34.4. The average molecular weight is 1280 g/mol. The van der Waals surface area contributed by atoms with Gasteiger partial charge in [0, 0.05) is 44.3 Å². The molecule has 2 atom stereocenters. The van der Waals surface area contributed by atoms with Crippen molar-refractivity contribution in [3.05, 3.63) is 79.7 Å². The third-order valence-corrected chi connectivity index (χ3v) is 19.6.